The van der Waals surface area contributed by atoms with Crippen molar-refractivity contribution in [1.82, 2.24) is 14.1 Å². The molecule has 0 amide bonds. The molecule has 0 aliphatic rings. The van der Waals surface area contributed by atoms with Crippen LogP contribution in [0.25, 0.3) is 94.5 Å². The van der Waals surface area contributed by atoms with Gasteiger partial charge in [-0.15, -0.1) is 29.7 Å². The molecule has 95 heavy (non-hydrogen) atoms. The smallest absolute Gasteiger partial charge is 0.268 e. The Balaban J connectivity index is 0.0000134. The maximum atomic E-state index is 11.0. The van der Waals surface area contributed by atoms with Gasteiger partial charge in [-0.05, 0) is 166 Å². The number of pyridine rings is 1. The Labute approximate surface area is 621 Å². The summed E-state index contributed by atoms with van der Waals surface area (Å²) in [6.07, 6.45) is 5.02. The topological polar surface area (TPSA) is 35.9 Å². The Hall–Kier alpha value is -10.2. The summed E-state index contributed by atoms with van der Waals surface area (Å²) in [4.78, 5) is 4.82. The number of rotatable bonds is 13. The Morgan fingerprint density at radius 2 is 1.06 bits per heavy atom. The van der Waals surface area contributed by atoms with Crippen LogP contribution in [0.15, 0.2) is 291 Å². The van der Waals surface area contributed by atoms with E-state index in [2.05, 4.69) is 39.2 Å². The fraction of sp³-hybridized carbons (Fsp3) is 0.114. The number of imidazole rings is 1. The van der Waals surface area contributed by atoms with E-state index in [1.54, 1.807) is 33.0 Å². The summed E-state index contributed by atoms with van der Waals surface area (Å²) in [5.74, 6) is 0.567. The van der Waals surface area contributed by atoms with Gasteiger partial charge < -0.3 is 13.9 Å². The van der Waals surface area contributed by atoms with Crippen molar-refractivity contribution in [3.8, 4) is 73.2 Å². The third-order valence-corrected chi connectivity index (χ3v) is 20.6. The first-order chi connectivity index (χ1) is 59.7. The van der Waals surface area contributed by atoms with Crippen LogP contribution in [0.1, 0.15) is 110 Å². The molecule has 0 N–H and O–H groups in total. The molecule has 3 heterocycles. The van der Waals surface area contributed by atoms with Crippen molar-refractivity contribution in [3.05, 3.63) is 331 Å². The van der Waals surface area contributed by atoms with Crippen molar-refractivity contribution in [3.63, 3.8) is 0 Å². The molecule has 0 bridgehead atoms. The Morgan fingerprint density at radius 3 is 1.66 bits per heavy atom. The van der Waals surface area contributed by atoms with Crippen LogP contribution in [0.2, 0.25) is 0 Å². The van der Waals surface area contributed by atoms with Crippen LogP contribution in [0.3, 0.4) is 0 Å². The molecule has 3 aromatic heterocycles. The van der Waals surface area contributed by atoms with E-state index >= 15 is 0 Å². The van der Waals surface area contributed by atoms with E-state index in [1.807, 2.05) is 47.0 Å². The molecule has 5 nitrogen and oxygen atoms in total. The van der Waals surface area contributed by atoms with Gasteiger partial charge in [-0.3, -0.25) is 4.57 Å². The fourth-order valence-electron chi connectivity index (χ4n) is 11.9. The summed E-state index contributed by atoms with van der Waals surface area (Å²) in [5, 5.41) is -2.40. The predicted octanol–water partition coefficient (Wildman–Crippen LogP) is 18.8. The zero-order valence-electron chi connectivity index (χ0n) is 85.6. The van der Waals surface area contributed by atoms with Gasteiger partial charge >= 0.3 is 0 Å². The minimum absolute atomic E-state index is 0. The van der Waals surface area contributed by atoms with E-state index < -0.39 is 267 Å². The van der Waals surface area contributed by atoms with Crippen LogP contribution < -0.4 is 30.1 Å². The molecule has 0 fully saturated rings. The van der Waals surface area contributed by atoms with Crippen LogP contribution in [0, 0.1) is 32.2 Å². The van der Waals surface area contributed by atoms with Crippen LogP contribution in [-0.2, 0) is 31.9 Å². The van der Waals surface area contributed by atoms with Gasteiger partial charge in [0.25, 0.3) is 6.33 Å². The standard InChI is InChI=1S/C88H72N4OSi.Pt/c1-60-28-26-29-61(2)85(60)64-44-47-80-82(53-64)90(70-34-27-35-71(57-70)93-72-45-46-77-76-42-24-25-43-79(76)92(81(77)58-72)84-56-68(48-49-89-84)87(3,4)5)59-91(80)86-78(67-51-65(62-30-14-9-15-31-62)50-66(52-67)63-32-16-10-17-33-63)54-69(88(6,7)8)55-83(86)94(73-36-18-11-19-37-73,74-38-20-12-21-39-74)75-40-22-13-23-41-75;/h9-56H,1-8H3;/q-2;/i1D3,2D3,9D,10D,11D,12D,13D,14D,15D,16D,17D,18D,19D,20D,21D,22D,23D,30D,31D,32D,33D,36D,37D,38D,39D,40D,41D,50D,51D,52D;. The molecule has 15 aromatic rings. The summed E-state index contributed by atoms with van der Waals surface area (Å²) in [6, 6.07) is 3.99. The van der Waals surface area contributed by atoms with Gasteiger partial charge in [0.15, 0.2) is 8.07 Å². The molecule has 0 atom stereocenters. The number of aromatic nitrogens is 4. The summed E-state index contributed by atoms with van der Waals surface area (Å²) in [7, 11) is -6.73. The normalized spacial score (nSPS) is 17.2. The molecular formula is C88H72N4OPtSi-2. The number of hydrogen-bond acceptors (Lipinski definition) is 2. The second kappa shape index (κ2) is 25.2. The summed E-state index contributed by atoms with van der Waals surface area (Å²) < 4.78 is 337. The molecular weight excluding hydrogens is 1350 g/mol. The average Bonchev–Trinajstić information content (AvgIpc) is 1.27. The van der Waals surface area contributed by atoms with Crippen molar-refractivity contribution in [2.45, 2.75) is 66.1 Å². The first-order valence-corrected chi connectivity index (χ1v) is 31.7. The van der Waals surface area contributed by atoms with Gasteiger partial charge in [0.2, 0.25) is 0 Å². The minimum Gasteiger partial charge on any atom is -0.510 e. The second-order valence-corrected chi connectivity index (χ2v) is 27.8. The van der Waals surface area contributed by atoms with Crippen molar-refractivity contribution in [1.29, 1.82) is 0 Å². The molecule has 0 spiro atoms. The third-order valence-electron chi connectivity index (χ3n) is 16.4. The Morgan fingerprint density at radius 1 is 0.495 bits per heavy atom. The third kappa shape index (κ3) is 11.5. The molecule has 0 saturated carbocycles. The second-order valence-electron chi connectivity index (χ2n) is 24.2. The summed E-state index contributed by atoms with van der Waals surface area (Å²) in [5.41, 5.74) is -8.02. The molecule has 0 radical (unpaired) electrons. The quantitative estimate of drug-likeness (QED) is 0.0499. The minimum atomic E-state index is -6.73. The van der Waals surface area contributed by atoms with Crippen LogP contribution >= 0.6 is 0 Å². The Kier molecular flexibility index (Phi) is 9.10. The van der Waals surface area contributed by atoms with Gasteiger partial charge in [0.05, 0.1) is 55.1 Å². The van der Waals surface area contributed by atoms with E-state index in [9.17, 15) is 30.2 Å². The molecule has 0 aliphatic carbocycles. The molecule has 12 aromatic carbocycles. The number of ether oxygens (including phenoxy) is 1. The van der Waals surface area contributed by atoms with Gasteiger partial charge in [0, 0.05) is 52.5 Å². The van der Waals surface area contributed by atoms with Crippen LogP contribution in [0.4, 0.5) is 0 Å². The molecule has 0 aliphatic heterocycles. The monoisotopic (exact) mass is 1460 g/mol. The number of nitrogens with zero attached hydrogens (tertiary/aromatic N) is 4. The van der Waals surface area contributed by atoms with Gasteiger partial charge in [-0.2, -0.15) is 18.2 Å². The molecule has 15 rings (SSSR count). The van der Waals surface area contributed by atoms with Crippen LogP contribution in [0.5, 0.6) is 11.5 Å². The largest absolute Gasteiger partial charge is 0.510 e. The van der Waals surface area contributed by atoms with E-state index in [4.69, 9.17) is 26.2 Å². The van der Waals surface area contributed by atoms with Crippen LogP contribution in [-0.4, -0.2) is 22.2 Å². The van der Waals surface area contributed by atoms with Crippen molar-refractivity contribution < 1.29 is 77.0 Å². The maximum Gasteiger partial charge on any atom is 0.268 e. The van der Waals surface area contributed by atoms with E-state index in [-0.39, 0.29) is 71.4 Å². The zero-order chi connectivity index (χ0) is 93.7. The molecule has 0 unspecified atom stereocenters. The first kappa shape index (κ1) is 34.3. The maximum absolute atomic E-state index is 11.0. The van der Waals surface area contributed by atoms with E-state index in [0.29, 0.717) is 11.3 Å². The van der Waals surface area contributed by atoms with Crippen molar-refractivity contribution in [2.75, 3.05) is 0 Å². The van der Waals surface area contributed by atoms with Crippen molar-refractivity contribution >= 4 is 61.7 Å². The zero-order valence-corrected chi connectivity index (χ0v) is 54.8. The van der Waals surface area contributed by atoms with E-state index in [1.165, 1.54) is 71.3 Å². The Bertz CT molecular complexity index is 6910. The number of fused-ring (bicyclic) bond motifs is 4. The first-order valence-electron chi connectivity index (χ1n) is 46.7. The fourth-order valence-corrected chi connectivity index (χ4v) is 15.9. The van der Waals surface area contributed by atoms with Gasteiger partial charge in [-0.25, -0.2) is 4.98 Å². The predicted molar refractivity (Wildman–Crippen MR) is 392 cm³/mol. The summed E-state index contributed by atoms with van der Waals surface area (Å²) >= 11 is 0. The van der Waals surface area contributed by atoms with Crippen molar-refractivity contribution in [2.24, 2.45) is 0 Å². The number of aryl methyl sites for hydroxylation is 2. The van der Waals surface area contributed by atoms with Gasteiger partial charge in [0.1, 0.15) is 5.82 Å². The SMILES string of the molecule is [2H]c1c([2H])c([2H])c(-c2c([2H])c(-c3cc(C(C)(C)C)cc([Si](c4c([2H])c([2H])c([2H])c([2H])c4[2H])(c4c([2H])c([2H])c([2H])c([2H])c4[2H])c4c([2H])c([2H])c([2H])c([2H])c4[2H])c3-[n+]3[c-]n(-c4[c-]c(Oc5[c-]c6c(cc5)c5ccccc5n6-c5cc(C(C)(C)C)ccn5)ccc4)c4cc(-c5c(C([2H])([2H])[2H])cccc5C([2H])([2H])[2H])ccc43)c([2H])c(-c3c([2H])c([2H])c([2H])c([2H])c3[2H])c2[2H])c([2H])c1[2H].[Pt]. The molecule has 466 valence electrons. The molecule has 7 heteroatoms. The molecule has 0 saturated heterocycles. The summed E-state index contributed by atoms with van der Waals surface area (Å²) in [6.45, 7) is 4.75. The van der Waals surface area contributed by atoms with Gasteiger partial charge in [-0.1, -0.05) is 259 Å². The number of para-hydroxylation sites is 1. The van der Waals surface area contributed by atoms with E-state index in [0.717, 1.165) is 26.4 Å². The number of hydrogen-bond donors (Lipinski definition) is 0. The average molecular weight is 1460 g/mol. The number of benzene rings is 12.